The van der Waals surface area contributed by atoms with Crippen molar-refractivity contribution < 1.29 is 29.3 Å². The van der Waals surface area contributed by atoms with Crippen molar-refractivity contribution in [2.24, 2.45) is 0 Å². The van der Waals surface area contributed by atoms with Gasteiger partial charge in [0.1, 0.15) is 5.75 Å². The number of hydrogen-bond acceptors (Lipinski definition) is 6. The summed E-state index contributed by atoms with van der Waals surface area (Å²) in [7, 11) is 1.48. The van der Waals surface area contributed by atoms with Crippen LogP contribution in [0.15, 0.2) is 47.4 Å². The van der Waals surface area contributed by atoms with Crippen molar-refractivity contribution in [3.8, 4) is 5.75 Å². The Bertz CT molecular complexity index is 1090. The summed E-state index contributed by atoms with van der Waals surface area (Å²) in [6.45, 7) is 4.39. The van der Waals surface area contributed by atoms with Gasteiger partial charge in [-0.15, -0.1) is 11.8 Å². The summed E-state index contributed by atoms with van der Waals surface area (Å²) in [5.41, 5.74) is 2.27. The molecule has 200 valence electrons. The highest BCUT2D eigenvalue weighted by Gasteiger charge is 2.36. The van der Waals surface area contributed by atoms with Crippen molar-refractivity contribution in [1.29, 1.82) is 0 Å². The average molecular weight is 529 g/mol. The molecule has 2 aromatic carbocycles. The molecule has 4 N–H and O–H groups in total. The monoisotopic (exact) mass is 528 g/mol. The number of carbonyl (C=O) groups is 3. The Morgan fingerprint density at radius 2 is 1.81 bits per heavy atom. The van der Waals surface area contributed by atoms with E-state index in [1.165, 1.54) is 7.11 Å². The van der Waals surface area contributed by atoms with Crippen LogP contribution in [-0.4, -0.2) is 52.5 Å². The van der Waals surface area contributed by atoms with E-state index in [-0.39, 0.29) is 17.1 Å². The minimum absolute atomic E-state index is 0.0933. The van der Waals surface area contributed by atoms with E-state index in [4.69, 9.17) is 14.9 Å². The minimum Gasteiger partial charge on any atom is -0.496 e. The van der Waals surface area contributed by atoms with Crippen LogP contribution in [0, 0.1) is 0 Å². The van der Waals surface area contributed by atoms with Crippen LogP contribution in [0.4, 0.5) is 0 Å². The Morgan fingerprint density at radius 3 is 2.38 bits per heavy atom. The molecule has 37 heavy (non-hydrogen) atoms. The van der Waals surface area contributed by atoms with Crippen molar-refractivity contribution >= 4 is 29.6 Å². The zero-order valence-corrected chi connectivity index (χ0v) is 22.4. The average Bonchev–Trinajstić information content (AvgIpc) is 3.03. The number of carboxylic acids is 2. The van der Waals surface area contributed by atoms with E-state index < -0.39 is 36.7 Å². The summed E-state index contributed by atoms with van der Waals surface area (Å²) in [5, 5.41) is 24.9. The molecule has 1 heterocycles. The predicted octanol–water partition coefficient (Wildman–Crippen LogP) is 4.87. The van der Waals surface area contributed by atoms with Crippen molar-refractivity contribution in [2.75, 3.05) is 12.9 Å². The Labute approximate surface area is 222 Å². The van der Waals surface area contributed by atoms with Crippen molar-refractivity contribution in [3.05, 3.63) is 59.2 Å². The Kier molecular flexibility index (Phi) is 10.00. The smallest absolute Gasteiger partial charge is 0.305 e. The molecule has 0 aromatic heterocycles. The predicted molar refractivity (Wildman–Crippen MR) is 143 cm³/mol. The lowest BCUT2D eigenvalue weighted by Crippen LogP contribution is -2.48. The molecule has 0 bridgehead atoms. The first-order valence-electron chi connectivity index (χ1n) is 12.6. The molecule has 0 fully saturated rings. The van der Waals surface area contributed by atoms with Crippen molar-refractivity contribution in [1.82, 2.24) is 10.6 Å². The lowest BCUT2D eigenvalue weighted by Gasteiger charge is -2.36. The molecule has 2 aromatic rings. The first-order chi connectivity index (χ1) is 17.7. The first kappa shape index (κ1) is 28.5. The van der Waals surface area contributed by atoms with Gasteiger partial charge >= 0.3 is 11.9 Å². The van der Waals surface area contributed by atoms with Gasteiger partial charge in [0, 0.05) is 16.2 Å². The van der Waals surface area contributed by atoms with E-state index in [0.29, 0.717) is 5.75 Å². The van der Waals surface area contributed by atoms with Gasteiger partial charge in [0.2, 0.25) is 0 Å². The van der Waals surface area contributed by atoms with E-state index in [2.05, 4.69) is 36.6 Å². The second-order valence-corrected chi connectivity index (χ2v) is 10.5. The quantitative estimate of drug-likeness (QED) is 0.308. The lowest BCUT2D eigenvalue weighted by molar-refractivity contribution is -0.139. The molecule has 0 saturated carbocycles. The standard InChI is InChI=1S/C28H36N2O6S/c1-4-6-12-28(5-2)17-37-23-16-20(27(35)29-19(13-24(31)32)14-25(33)34)22(36-3)15-21(23)26(30-28)18-10-8-7-9-11-18/h7-11,15-16,19,26,30H,4-6,12-14,17H2,1-3H3,(H,29,35)(H,31,32)(H,33,34)/t26-,28-/m1/s1. The number of methoxy groups -OCH3 is 1. The summed E-state index contributed by atoms with van der Waals surface area (Å²) in [5.74, 6) is -1.75. The normalized spacial score (nSPS) is 19.1. The van der Waals surface area contributed by atoms with Gasteiger partial charge in [-0.1, -0.05) is 57.0 Å². The van der Waals surface area contributed by atoms with E-state index in [9.17, 15) is 14.4 Å². The molecule has 0 saturated heterocycles. The largest absolute Gasteiger partial charge is 0.496 e. The summed E-state index contributed by atoms with van der Waals surface area (Å²) in [4.78, 5) is 36.6. The van der Waals surface area contributed by atoms with Gasteiger partial charge in [-0.3, -0.25) is 19.7 Å². The van der Waals surface area contributed by atoms with Gasteiger partial charge < -0.3 is 20.3 Å². The van der Waals surface area contributed by atoms with Crippen LogP contribution < -0.4 is 15.4 Å². The third-order valence-corrected chi connectivity index (χ3v) is 8.20. The van der Waals surface area contributed by atoms with Gasteiger partial charge in [0.05, 0.1) is 37.6 Å². The summed E-state index contributed by atoms with van der Waals surface area (Å²) in [6.07, 6.45) is 3.20. The molecule has 0 unspecified atom stereocenters. The maximum Gasteiger partial charge on any atom is 0.305 e. The van der Waals surface area contributed by atoms with Crippen LogP contribution in [0.3, 0.4) is 0 Å². The maximum atomic E-state index is 13.2. The fourth-order valence-corrected chi connectivity index (χ4v) is 6.13. The fraction of sp³-hybridized carbons (Fsp3) is 0.464. The number of ether oxygens (including phenoxy) is 1. The van der Waals surface area contributed by atoms with Gasteiger partial charge in [-0.2, -0.15) is 0 Å². The maximum absolute atomic E-state index is 13.2. The van der Waals surface area contributed by atoms with Crippen LogP contribution in [0.1, 0.15) is 79.9 Å². The number of nitrogens with one attached hydrogen (secondary N) is 2. The molecular formula is C28H36N2O6S. The number of fused-ring (bicyclic) bond motifs is 1. The molecule has 2 atom stereocenters. The third-order valence-electron chi connectivity index (χ3n) is 6.84. The Hall–Kier alpha value is -3.04. The second kappa shape index (κ2) is 13.0. The number of aliphatic carboxylic acids is 2. The third kappa shape index (κ3) is 7.26. The lowest BCUT2D eigenvalue weighted by atomic mass is 9.88. The molecule has 3 rings (SSSR count). The molecule has 0 spiro atoms. The highest BCUT2D eigenvalue weighted by Crippen LogP contribution is 2.43. The molecule has 1 amide bonds. The van der Waals surface area contributed by atoms with Gasteiger partial charge in [0.15, 0.2) is 0 Å². The number of amides is 1. The van der Waals surface area contributed by atoms with Crippen LogP contribution in [0.25, 0.3) is 0 Å². The van der Waals surface area contributed by atoms with E-state index in [0.717, 1.165) is 47.5 Å². The molecule has 9 heteroatoms. The SMILES string of the molecule is CCCC[C@]1(CC)CSc2cc(C(=O)NC(CC(=O)O)CC(=O)O)c(OC)cc2[C@@H](c2ccccc2)N1. The number of carbonyl (C=O) groups excluding carboxylic acids is 1. The number of carboxylic acid groups (broad SMARTS) is 2. The van der Waals surface area contributed by atoms with Crippen LogP contribution >= 0.6 is 11.8 Å². The molecular weight excluding hydrogens is 492 g/mol. The fourth-order valence-electron chi connectivity index (χ4n) is 4.72. The van der Waals surface area contributed by atoms with E-state index in [1.54, 1.807) is 17.8 Å². The first-order valence-corrected chi connectivity index (χ1v) is 13.6. The Balaban J connectivity index is 2.04. The van der Waals surface area contributed by atoms with Gasteiger partial charge in [-0.05, 0) is 36.1 Å². The zero-order valence-electron chi connectivity index (χ0n) is 21.6. The Morgan fingerprint density at radius 1 is 1.14 bits per heavy atom. The molecule has 1 aliphatic heterocycles. The molecule has 8 nitrogen and oxygen atoms in total. The second-order valence-electron chi connectivity index (χ2n) is 9.47. The summed E-state index contributed by atoms with van der Waals surface area (Å²) < 4.78 is 5.61. The highest BCUT2D eigenvalue weighted by molar-refractivity contribution is 7.99. The van der Waals surface area contributed by atoms with Gasteiger partial charge in [-0.25, -0.2) is 0 Å². The molecule has 0 radical (unpaired) electrons. The number of hydrogen-bond donors (Lipinski definition) is 4. The number of benzene rings is 2. The molecule has 1 aliphatic rings. The summed E-state index contributed by atoms with van der Waals surface area (Å²) >= 11 is 1.69. The molecule has 0 aliphatic carbocycles. The van der Waals surface area contributed by atoms with Gasteiger partial charge in [0.25, 0.3) is 5.91 Å². The van der Waals surface area contributed by atoms with Crippen LogP contribution in [0.5, 0.6) is 5.75 Å². The van der Waals surface area contributed by atoms with E-state index in [1.807, 2.05) is 24.3 Å². The summed E-state index contributed by atoms with van der Waals surface area (Å²) in [6, 6.07) is 12.7. The van der Waals surface area contributed by atoms with Crippen molar-refractivity contribution in [3.63, 3.8) is 0 Å². The van der Waals surface area contributed by atoms with Crippen LogP contribution in [0.2, 0.25) is 0 Å². The highest BCUT2D eigenvalue weighted by atomic mass is 32.2. The topological polar surface area (TPSA) is 125 Å². The van der Waals surface area contributed by atoms with Crippen LogP contribution in [-0.2, 0) is 9.59 Å². The van der Waals surface area contributed by atoms with E-state index >= 15 is 0 Å². The number of rotatable bonds is 12. The van der Waals surface area contributed by atoms with Crippen molar-refractivity contribution in [2.45, 2.75) is 74.9 Å². The number of thioether (sulfide) groups is 1. The zero-order chi connectivity index (χ0) is 27.0. The number of unbranched alkanes of at least 4 members (excludes halogenated alkanes) is 1. The minimum atomic E-state index is -1.18.